The van der Waals surface area contributed by atoms with Crippen molar-refractivity contribution in [3.8, 4) is 0 Å². The highest BCUT2D eigenvalue weighted by atomic mass is 16.5. The molecule has 0 saturated heterocycles. The fourth-order valence-corrected chi connectivity index (χ4v) is 2.78. The number of carbonyl (C=O) groups excluding carboxylic acids is 1. The first-order chi connectivity index (χ1) is 10.8. The van der Waals surface area contributed by atoms with Gasteiger partial charge in [-0.05, 0) is 29.2 Å². The Hall–Kier alpha value is -1.83. The van der Waals surface area contributed by atoms with Crippen molar-refractivity contribution in [2.24, 2.45) is 0 Å². The van der Waals surface area contributed by atoms with Crippen LogP contribution in [0.4, 0.5) is 0 Å². The standard InChI is InChI=1S/C20H26O2/c1-3-5-12-19(20(21)22-15-6-4-2)18-14-9-11-16-10-7-8-13-17(16)18/h7-11,13-14,19H,3-6,12,15H2,1-2H3. The minimum atomic E-state index is -0.150. The van der Waals surface area contributed by atoms with Crippen LogP contribution in [0.1, 0.15) is 57.4 Å². The molecule has 2 aromatic carbocycles. The van der Waals surface area contributed by atoms with Crippen molar-refractivity contribution in [1.29, 1.82) is 0 Å². The number of fused-ring (bicyclic) bond motifs is 1. The quantitative estimate of drug-likeness (QED) is 0.478. The zero-order valence-corrected chi connectivity index (χ0v) is 13.7. The van der Waals surface area contributed by atoms with E-state index >= 15 is 0 Å². The molecule has 22 heavy (non-hydrogen) atoms. The maximum atomic E-state index is 12.5. The summed E-state index contributed by atoms with van der Waals surface area (Å²) in [6.07, 6.45) is 4.96. The van der Waals surface area contributed by atoms with Crippen LogP contribution in [0.25, 0.3) is 10.8 Å². The van der Waals surface area contributed by atoms with Gasteiger partial charge in [0.05, 0.1) is 12.5 Å². The molecular weight excluding hydrogens is 272 g/mol. The predicted molar refractivity (Wildman–Crippen MR) is 92.1 cm³/mol. The van der Waals surface area contributed by atoms with Gasteiger partial charge in [-0.3, -0.25) is 4.79 Å². The van der Waals surface area contributed by atoms with Gasteiger partial charge in [0, 0.05) is 0 Å². The van der Waals surface area contributed by atoms with E-state index in [0.717, 1.165) is 37.7 Å². The Kier molecular flexibility index (Phi) is 6.45. The van der Waals surface area contributed by atoms with Crippen molar-refractivity contribution in [3.05, 3.63) is 48.0 Å². The van der Waals surface area contributed by atoms with Crippen LogP contribution < -0.4 is 0 Å². The lowest BCUT2D eigenvalue weighted by atomic mass is 9.89. The third-order valence-corrected chi connectivity index (χ3v) is 4.07. The Bertz CT molecular complexity index is 598. The van der Waals surface area contributed by atoms with Crippen molar-refractivity contribution in [2.45, 2.75) is 51.9 Å². The molecule has 0 amide bonds. The Balaban J connectivity index is 2.28. The molecule has 0 radical (unpaired) electrons. The maximum absolute atomic E-state index is 12.5. The lowest BCUT2D eigenvalue weighted by Crippen LogP contribution is -2.17. The van der Waals surface area contributed by atoms with Gasteiger partial charge in [-0.1, -0.05) is 75.6 Å². The third kappa shape index (κ3) is 4.09. The summed E-state index contributed by atoms with van der Waals surface area (Å²) < 4.78 is 5.51. The van der Waals surface area contributed by atoms with Crippen LogP contribution in [-0.2, 0) is 9.53 Å². The Morgan fingerprint density at radius 3 is 2.50 bits per heavy atom. The topological polar surface area (TPSA) is 26.3 Å². The molecule has 0 saturated carbocycles. The summed E-state index contributed by atoms with van der Waals surface area (Å²) in [6, 6.07) is 14.5. The zero-order valence-electron chi connectivity index (χ0n) is 13.7. The van der Waals surface area contributed by atoms with Crippen molar-refractivity contribution < 1.29 is 9.53 Å². The van der Waals surface area contributed by atoms with Crippen molar-refractivity contribution in [3.63, 3.8) is 0 Å². The number of ether oxygens (including phenoxy) is 1. The van der Waals surface area contributed by atoms with Crippen LogP contribution in [0.15, 0.2) is 42.5 Å². The van der Waals surface area contributed by atoms with Gasteiger partial charge >= 0.3 is 5.97 Å². The lowest BCUT2D eigenvalue weighted by molar-refractivity contribution is -0.145. The van der Waals surface area contributed by atoms with Gasteiger partial charge in [-0.25, -0.2) is 0 Å². The predicted octanol–water partition coefficient (Wildman–Crippen LogP) is 5.46. The molecule has 2 heteroatoms. The first kappa shape index (κ1) is 16.5. The average molecular weight is 298 g/mol. The van der Waals surface area contributed by atoms with Gasteiger partial charge in [-0.2, -0.15) is 0 Å². The second kappa shape index (κ2) is 8.57. The summed E-state index contributed by atoms with van der Waals surface area (Å²) in [4.78, 5) is 12.5. The monoisotopic (exact) mass is 298 g/mol. The Morgan fingerprint density at radius 2 is 1.73 bits per heavy atom. The van der Waals surface area contributed by atoms with E-state index in [1.54, 1.807) is 0 Å². The Labute approximate surface area is 133 Å². The largest absolute Gasteiger partial charge is 0.465 e. The van der Waals surface area contributed by atoms with Crippen LogP contribution in [0.5, 0.6) is 0 Å². The highest BCUT2D eigenvalue weighted by Gasteiger charge is 2.23. The minimum Gasteiger partial charge on any atom is -0.465 e. The third-order valence-electron chi connectivity index (χ3n) is 4.07. The van der Waals surface area contributed by atoms with Gasteiger partial charge in [0.2, 0.25) is 0 Å². The van der Waals surface area contributed by atoms with Crippen LogP contribution >= 0.6 is 0 Å². The van der Waals surface area contributed by atoms with E-state index in [4.69, 9.17) is 4.74 Å². The summed E-state index contributed by atoms with van der Waals surface area (Å²) in [7, 11) is 0. The number of benzene rings is 2. The van der Waals surface area contributed by atoms with Gasteiger partial charge in [0.1, 0.15) is 0 Å². The first-order valence-electron chi connectivity index (χ1n) is 8.42. The normalized spacial score (nSPS) is 12.3. The molecule has 0 aliphatic heterocycles. The van der Waals surface area contributed by atoms with E-state index in [9.17, 15) is 4.79 Å². The maximum Gasteiger partial charge on any atom is 0.313 e. The highest BCUT2D eigenvalue weighted by molar-refractivity contribution is 5.91. The summed E-state index contributed by atoms with van der Waals surface area (Å²) in [5.74, 6) is -0.221. The van der Waals surface area contributed by atoms with E-state index < -0.39 is 0 Å². The van der Waals surface area contributed by atoms with E-state index in [2.05, 4.69) is 38.1 Å². The number of hydrogen-bond donors (Lipinski definition) is 0. The van der Waals surface area contributed by atoms with Crippen LogP contribution in [0.2, 0.25) is 0 Å². The molecule has 2 aromatic rings. The van der Waals surface area contributed by atoms with Crippen molar-refractivity contribution in [2.75, 3.05) is 6.61 Å². The molecule has 2 nitrogen and oxygen atoms in total. The molecule has 0 spiro atoms. The Morgan fingerprint density at radius 1 is 1.00 bits per heavy atom. The van der Waals surface area contributed by atoms with E-state index in [-0.39, 0.29) is 11.9 Å². The molecule has 1 unspecified atom stereocenters. The molecule has 0 aliphatic rings. The molecule has 0 aliphatic carbocycles. The van der Waals surface area contributed by atoms with Gasteiger partial charge in [0.15, 0.2) is 0 Å². The van der Waals surface area contributed by atoms with E-state index in [1.807, 2.05) is 18.2 Å². The number of unbranched alkanes of at least 4 members (excludes halogenated alkanes) is 2. The first-order valence-corrected chi connectivity index (χ1v) is 8.42. The average Bonchev–Trinajstić information content (AvgIpc) is 2.55. The molecule has 0 aromatic heterocycles. The van der Waals surface area contributed by atoms with E-state index in [1.165, 1.54) is 10.8 Å². The van der Waals surface area contributed by atoms with Gasteiger partial charge in [-0.15, -0.1) is 0 Å². The molecular formula is C20H26O2. The lowest BCUT2D eigenvalue weighted by Gasteiger charge is -2.18. The fraction of sp³-hybridized carbons (Fsp3) is 0.450. The summed E-state index contributed by atoms with van der Waals surface area (Å²) in [5.41, 5.74) is 1.10. The van der Waals surface area contributed by atoms with Gasteiger partial charge < -0.3 is 4.74 Å². The molecule has 1 atom stereocenters. The molecule has 0 heterocycles. The molecule has 2 rings (SSSR count). The van der Waals surface area contributed by atoms with Crippen LogP contribution in [0.3, 0.4) is 0 Å². The molecule has 0 N–H and O–H groups in total. The number of rotatable bonds is 8. The summed E-state index contributed by atoms with van der Waals surface area (Å²) in [6.45, 7) is 4.79. The number of carbonyl (C=O) groups is 1. The molecule has 118 valence electrons. The van der Waals surface area contributed by atoms with Crippen molar-refractivity contribution in [1.82, 2.24) is 0 Å². The van der Waals surface area contributed by atoms with Crippen LogP contribution in [0, 0.1) is 0 Å². The summed E-state index contributed by atoms with van der Waals surface area (Å²) >= 11 is 0. The number of esters is 1. The fourth-order valence-electron chi connectivity index (χ4n) is 2.78. The second-order valence-corrected chi connectivity index (χ2v) is 5.78. The van der Waals surface area contributed by atoms with Crippen LogP contribution in [-0.4, -0.2) is 12.6 Å². The smallest absolute Gasteiger partial charge is 0.313 e. The molecule has 0 bridgehead atoms. The molecule has 0 fully saturated rings. The second-order valence-electron chi connectivity index (χ2n) is 5.78. The minimum absolute atomic E-state index is 0.0711. The summed E-state index contributed by atoms with van der Waals surface area (Å²) in [5, 5.41) is 2.35. The van der Waals surface area contributed by atoms with E-state index in [0.29, 0.717) is 6.61 Å². The van der Waals surface area contributed by atoms with Gasteiger partial charge in [0.25, 0.3) is 0 Å². The SMILES string of the molecule is CCCCOC(=O)C(CCCC)c1cccc2ccccc12. The zero-order chi connectivity index (χ0) is 15.8. The number of hydrogen-bond acceptors (Lipinski definition) is 2. The highest BCUT2D eigenvalue weighted by Crippen LogP contribution is 2.30. The van der Waals surface area contributed by atoms with Crippen molar-refractivity contribution >= 4 is 16.7 Å².